The molecule has 0 bridgehead atoms. The van der Waals surface area contributed by atoms with E-state index in [0.29, 0.717) is 21.8 Å². The van der Waals surface area contributed by atoms with Crippen LogP contribution in [0.25, 0.3) is 0 Å². The Morgan fingerprint density at radius 3 is 3.00 bits per heavy atom. The average Bonchev–Trinajstić information content (AvgIpc) is 2.84. The number of amides is 1. The molecule has 0 saturated carbocycles. The van der Waals surface area contributed by atoms with E-state index < -0.39 is 0 Å². The summed E-state index contributed by atoms with van der Waals surface area (Å²) in [6.45, 7) is 4.47. The van der Waals surface area contributed by atoms with Gasteiger partial charge in [0.1, 0.15) is 5.69 Å². The highest BCUT2D eigenvalue weighted by molar-refractivity contribution is 9.10. The first-order valence-corrected chi connectivity index (χ1v) is 6.74. The van der Waals surface area contributed by atoms with Gasteiger partial charge in [-0.3, -0.25) is 14.8 Å². The predicted octanol–water partition coefficient (Wildman–Crippen LogP) is 2.68. The van der Waals surface area contributed by atoms with Crippen molar-refractivity contribution in [3.8, 4) is 0 Å². The van der Waals surface area contributed by atoms with E-state index in [1.54, 1.807) is 10.9 Å². The summed E-state index contributed by atoms with van der Waals surface area (Å²) in [6.07, 6.45) is 1.62. The highest BCUT2D eigenvalue weighted by atomic mass is 79.9. The molecule has 2 rings (SSSR count). The number of nitrogens with zero attached hydrogens (tertiary/aromatic N) is 3. The number of nitrogens with one attached hydrogen (secondary N) is 1. The van der Waals surface area contributed by atoms with Crippen molar-refractivity contribution in [1.29, 1.82) is 0 Å². The third-order valence-corrected chi connectivity index (χ3v) is 3.60. The number of aryl methyl sites for hydroxylation is 2. The van der Waals surface area contributed by atoms with E-state index in [9.17, 15) is 4.79 Å². The van der Waals surface area contributed by atoms with E-state index in [0.717, 1.165) is 5.69 Å². The van der Waals surface area contributed by atoms with Crippen LogP contribution in [0.1, 0.15) is 23.1 Å². The Kier molecular flexibility index (Phi) is 3.58. The quantitative estimate of drug-likeness (QED) is 0.947. The Morgan fingerprint density at radius 2 is 2.41 bits per heavy atom. The van der Waals surface area contributed by atoms with E-state index in [4.69, 9.17) is 0 Å². The summed E-state index contributed by atoms with van der Waals surface area (Å²) in [5.41, 5.74) is 1.41. The molecule has 2 aromatic rings. The largest absolute Gasteiger partial charge is 0.296 e. The molecule has 0 aliphatic carbocycles. The molecule has 17 heavy (non-hydrogen) atoms. The Morgan fingerprint density at radius 1 is 1.65 bits per heavy atom. The molecule has 0 radical (unpaired) electrons. The van der Waals surface area contributed by atoms with Crippen LogP contribution in [0.2, 0.25) is 0 Å². The van der Waals surface area contributed by atoms with Crippen molar-refractivity contribution in [1.82, 2.24) is 14.8 Å². The van der Waals surface area contributed by atoms with Crippen LogP contribution in [0, 0.1) is 6.92 Å². The molecule has 1 N–H and O–H groups in total. The number of rotatable bonds is 3. The van der Waals surface area contributed by atoms with Gasteiger partial charge < -0.3 is 0 Å². The zero-order valence-corrected chi connectivity index (χ0v) is 11.8. The van der Waals surface area contributed by atoms with Crippen molar-refractivity contribution in [2.45, 2.75) is 20.4 Å². The van der Waals surface area contributed by atoms with Gasteiger partial charge in [-0.15, -0.1) is 11.3 Å². The minimum absolute atomic E-state index is 0.203. The van der Waals surface area contributed by atoms with Crippen LogP contribution in [-0.4, -0.2) is 20.7 Å². The fraction of sp³-hybridized carbons (Fsp3) is 0.300. The lowest BCUT2D eigenvalue weighted by Crippen LogP contribution is -2.17. The van der Waals surface area contributed by atoms with Crippen molar-refractivity contribution in [3.05, 3.63) is 27.4 Å². The number of carbonyl (C=O) groups is 1. The molecule has 90 valence electrons. The maximum atomic E-state index is 12.0. The molecule has 0 atom stereocenters. The summed E-state index contributed by atoms with van der Waals surface area (Å²) >= 11 is 4.72. The summed E-state index contributed by atoms with van der Waals surface area (Å²) < 4.78 is 2.32. The second-order valence-corrected chi connectivity index (χ2v) is 5.12. The van der Waals surface area contributed by atoms with Crippen LogP contribution in [0.3, 0.4) is 0 Å². The number of thiazole rings is 1. The van der Waals surface area contributed by atoms with Gasteiger partial charge in [-0.2, -0.15) is 5.10 Å². The second kappa shape index (κ2) is 4.97. The highest BCUT2D eigenvalue weighted by Crippen LogP contribution is 2.20. The van der Waals surface area contributed by atoms with Crippen LogP contribution >= 0.6 is 27.3 Å². The number of hydrogen-bond acceptors (Lipinski definition) is 4. The number of anilines is 1. The summed E-state index contributed by atoms with van der Waals surface area (Å²) in [4.78, 5) is 16.2. The van der Waals surface area contributed by atoms with Crippen molar-refractivity contribution >= 4 is 38.3 Å². The molecule has 0 aliphatic rings. The van der Waals surface area contributed by atoms with Crippen LogP contribution < -0.4 is 5.32 Å². The van der Waals surface area contributed by atoms with Crippen LogP contribution in [-0.2, 0) is 6.54 Å². The standard InChI is InChI=1S/C10H11BrN4OS/c1-3-15-8(7(11)4-12-15)9(16)14-10-13-6(2)5-17-10/h4-5H,3H2,1-2H3,(H,13,14,16). The molecular weight excluding hydrogens is 304 g/mol. The van der Waals surface area contributed by atoms with Gasteiger partial charge in [-0.1, -0.05) is 0 Å². The van der Waals surface area contributed by atoms with Crippen molar-refractivity contribution in [3.63, 3.8) is 0 Å². The molecule has 0 saturated heterocycles. The van der Waals surface area contributed by atoms with Gasteiger partial charge in [0.05, 0.1) is 16.4 Å². The number of hydrogen-bond donors (Lipinski definition) is 1. The first-order valence-electron chi connectivity index (χ1n) is 5.06. The topological polar surface area (TPSA) is 59.8 Å². The number of aromatic nitrogens is 3. The molecule has 2 heterocycles. The van der Waals surface area contributed by atoms with Gasteiger partial charge in [0.25, 0.3) is 5.91 Å². The summed E-state index contributed by atoms with van der Waals surface area (Å²) in [7, 11) is 0. The average molecular weight is 315 g/mol. The minimum Gasteiger partial charge on any atom is -0.296 e. The molecule has 2 aromatic heterocycles. The van der Waals surface area contributed by atoms with Gasteiger partial charge >= 0.3 is 0 Å². The fourth-order valence-corrected chi connectivity index (χ4v) is 2.56. The maximum Gasteiger partial charge on any atom is 0.276 e. The fourth-order valence-electron chi connectivity index (χ4n) is 1.40. The molecule has 5 nitrogen and oxygen atoms in total. The Hall–Kier alpha value is -1.21. The van der Waals surface area contributed by atoms with Crippen LogP contribution in [0.5, 0.6) is 0 Å². The van der Waals surface area contributed by atoms with Gasteiger partial charge in [-0.25, -0.2) is 4.98 Å². The molecule has 1 amide bonds. The van der Waals surface area contributed by atoms with Gasteiger partial charge in [0, 0.05) is 11.9 Å². The molecule has 7 heteroatoms. The normalized spacial score (nSPS) is 10.5. The summed E-state index contributed by atoms with van der Waals surface area (Å²) in [5.74, 6) is -0.203. The molecule has 0 fully saturated rings. The molecule has 0 unspecified atom stereocenters. The van der Waals surface area contributed by atoms with E-state index in [1.807, 2.05) is 19.2 Å². The summed E-state index contributed by atoms with van der Waals surface area (Å²) in [5, 5.41) is 9.34. The van der Waals surface area contributed by atoms with Crippen LogP contribution in [0.4, 0.5) is 5.13 Å². The third-order valence-electron chi connectivity index (χ3n) is 2.15. The lowest BCUT2D eigenvalue weighted by molar-refractivity contribution is 0.101. The van der Waals surface area contributed by atoms with E-state index >= 15 is 0 Å². The first-order chi connectivity index (χ1) is 8.11. The maximum absolute atomic E-state index is 12.0. The van der Waals surface area contributed by atoms with E-state index in [1.165, 1.54) is 11.3 Å². The minimum atomic E-state index is -0.203. The Labute approximate surface area is 111 Å². The Bertz CT molecular complexity index is 548. The molecule has 0 aromatic carbocycles. The number of halogens is 1. The number of carbonyl (C=O) groups excluding carboxylic acids is 1. The van der Waals surface area contributed by atoms with Crippen molar-refractivity contribution < 1.29 is 4.79 Å². The first kappa shape index (κ1) is 12.3. The molecule has 0 aliphatic heterocycles. The van der Waals surface area contributed by atoms with E-state index in [2.05, 4.69) is 31.3 Å². The Balaban J connectivity index is 2.22. The SMILES string of the molecule is CCn1ncc(Br)c1C(=O)Nc1nc(C)cs1. The zero-order chi connectivity index (χ0) is 12.4. The van der Waals surface area contributed by atoms with Crippen molar-refractivity contribution in [2.75, 3.05) is 5.32 Å². The predicted molar refractivity (Wildman–Crippen MR) is 70.4 cm³/mol. The zero-order valence-electron chi connectivity index (χ0n) is 9.40. The summed E-state index contributed by atoms with van der Waals surface area (Å²) in [6, 6.07) is 0. The van der Waals surface area contributed by atoms with Crippen LogP contribution in [0.15, 0.2) is 16.0 Å². The molecule has 0 spiro atoms. The lowest BCUT2D eigenvalue weighted by Gasteiger charge is -2.04. The highest BCUT2D eigenvalue weighted by Gasteiger charge is 2.17. The monoisotopic (exact) mass is 314 g/mol. The molecular formula is C10H11BrN4OS. The second-order valence-electron chi connectivity index (χ2n) is 3.41. The lowest BCUT2D eigenvalue weighted by atomic mass is 10.4. The van der Waals surface area contributed by atoms with Crippen molar-refractivity contribution in [2.24, 2.45) is 0 Å². The van der Waals surface area contributed by atoms with Gasteiger partial charge in [0.15, 0.2) is 5.13 Å². The smallest absolute Gasteiger partial charge is 0.276 e. The third kappa shape index (κ3) is 2.55. The van der Waals surface area contributed by atoms with E-state index in [-0.39, 0.29) is 5.91 Å². The van der Waals surface area contributed by atoms with Gasteiger partial charge in [-0.05, 0) is 29.8 Å². The van der Waals surface area contributed by atoms with Gasteiger partial charge in [0.2, 0.25) is 0 Å².